The third kappa shape index (κ3) is 5.01. The van der Waals surface area contributed by atoms with E-state index in [0.717, 1.165) is 16.7 Å². The minimum Gasteiger partial charge on any atom is -0.508 e. The Morgan fingerprint density at radius 2 is 1.55 bits per heavy atom. The third-order valence-corrected chi connectivity index (χ3v) is 9.48. The van der Waals surface area contributed by atoms with Crippen LogP contribution in [0.4, 0.5) is 0 Å². The summed E-state index contributed by atoms with van der Waals surface area (Å²) in [4.78, 5) is 0. The van der Waals surface area contributed by atoms with E-state index in [0.29, 0.717) is 45.7 Å². The van der Waals surface area contributed by atoms with Crippen molar-refractivity contribution < 1.29 is 40.1 Å². The van der Waals surface area contributed by atoms with Gasteiger partial charge in [0.05, 0.1) is 11.5 Å². The van der Waals surface area contributed by atoms with Crippen LogP contribution in [0.15, 0.2) is 84.0 Å². The van der Waals surface area contributed by atoms with Crippen molar-refractivity contribution in [1.82, 2.24) is 0 Å². The van der Waals surface area contributed by atoms with Crippen LogP contribution in [0.3, 0.4) is 0 Å². The lowest BCUT2D eigenvalue weighted by atomic mass is 9.61. The van der Waals surface area contributed by atoms with Gasteiger partial charge in [0, 0.05) is 40.7 Å². The van der Waals surface area contributed by atoms with Gasteiger partial charge in [-0.2, -0.15) is 0 Å². The molecule has 0 saturated carbocycles. The minimum atomic E-state index is -1.61. The van der Waals surface area contributed by atoms with E-state index in [2.05, 4.69) is 13.0 Å². The SMILES string of the molecule is CC(C)=CCc1c(O)ccc([C@@]23Oc4cc(O)ccc4[C@@H]4CC(C)=C[C@@H](c5c(O)cc(C=Cc6ccc(O)cc6O)cc5O2)[C@H]43)c1O. The maximum absolute atomic E-state index is 11.9. The molecule has 1 aliphatic carbocycles. The minimum absolute atomic E-state index is 0.0231. The fourth-order valence-corrected chi connectivity index (χ4v) is 7.38. The molecule has 0 fully saturated rings. The molecule has 7 rings (SSSR count). The monoisotopic (exact) mass is 632 g/mol. The van der Waals surface area contributed by atoms with Gasteiger partial charge in [-0.1, -0.05) is 41.5 Å². The molecule has 0 aromatic heterocycles. The number of fused-ring (bicyclic) bond motifs is 4. The molecule has 4 aromatic rings. The molecule has 4 aromatic carbocycles. The maximum Gasteiger partial charge on any atom is 0.285 e. The second-order valence-corrected chi connectivity index (χ2v) is 12.9. The molecule has 240 valence electrons. The fourth-order valence-electron chi connectivity index (χ4n) is 7.38. The van der Waals surface area contributed by atoms with Gasteiger partial charge in [-0.05, 0) is 87.2 Å². The molecule has 3 aliphatic rings. The van der Waals surface area contributed by atoms with Crippen molar-refractivity contribution in [2.24, 2.45) is 5.92 Å². The van der Waals surface area contributed by atoms with Crippen LogP contribution < -0.4 is 9.47 Å². The van der Waals surface area contributed by atoms with E-state index in [1.165, 1.54) is 18.2 Å². The van der Waals surface area contributed by atoms with Crippen LogP contribution in [-0.4, -0.2) is 30.6 Å². The highest BCUT2D eigenvalue weighted by Gasteiger charge is 2.62. The zero-order valence-electron chi connectivity index (χ0n) is 26.2. The Morgan fingerprint density at radius 1 is 0.809 bits per heavy atom. The van der Waals surface area contributed by atoms with Crippen LogP contribution in [0.5, 0.6) is 46.0 Å². The summed E-state index contributed by atoms with van der Waals surface area (Å²) in [5, 5.41) is 64.8. The van der Waals surface area contributed by atoms with E-state index in [1.807, 2.05) is 26.0 Å². The standard InChI is InChI=1S/C39H36O8/c1-20(2)4-10-27-31(42)13-12-30(38(27)45)39-37-28(26-11-9-25(41)19-34(26)46-39)14-21(3)15-29(37)36-33(44)16-22(17-35(36)47-39)5-6-23-7-8-24(40)18-32(23)43/h4-9,11-13,15-19,28-29,37,40-45H,10,14H2,1-3H3/t28-,29-,37-,39+/m0/s1. The van der Waals surface area contributed by atoms with Crippen LogP contribution in [0, 0.1) is 5.92 Å². The number of rotatable bonds is 5. The van der Waals surface area contributed by atoms with Crippen molar-refractivity contribution in [2.75, 3.05) is 0 Å². The molecule has 0 saturated heterocycles. The predicted molar refractivity (Wildman–Crippen MR) is 178 cm³/mol. The molecule has 0 amide bonds. The summed E-state index contributed by atoms with van der Waals surface area (Å²) in [6, 6.07) is 15.9. The van der Waals surface area contributed by atoms with Crippen molar-refractivity contribution in [3.8, 4) is 46.0 Å². The van der Waals surface area contributed by atoms with Gasteiger partial charge >= 0.3 is 0 Å². The van der Waals surface area contributed by atoms with Crippen LogP contribution in [0.25, 0.3) is 12.2 Å². The van der Waals surface area contributed by atoms with Crippen LogP contribution in [-0.2, 0) is 12.2 Å². The number of ether oxygens (including phenoxy) is 2. The lowest BCUT2D eigenvalue weighted by molar-refractivity contribution is -0.198. The number of aromatic hydroxyl groups is 6. The number of hydrogen-bond acceptors (Lipinski definition) is 8. The first-order chi connectivity index (χ1) is 22.4. The van der Waals surface area contributed by atoms with Gasteiger partial charge in [0.1, 0.15) is 46.0 Å². The van der Waals surface area contributed by atoms with Gasteiger partial charge in [-0.3, -0.25) is 0 Å². The van der Waals surface area contributed by atoms with Crippen molar-refractivity contribution >= 4 is 12.2 Å². The fraction of sp³-hybridized carbons (Fsp3) is 0.231. The van der Waals surface area contributed by atoms with Gasteiger partial charge < -0.3 is 40.1 Å². The van der Waals surface area contributed by atoms with Crippen molar-refractivity contribution in [3.05, 3.63) is 117 Å². The number of phenols is 6. The third-order valence-electron chi connectivity index (χ3n) is 9.48. The van der Waals surface area contributed by atoms with E-state index in [-0.39, 0.29) is 52.8 Å². The van der Waals surface area contributed by atoms with Gasteiger partial charge in [0.15, 0.2) is 0 Å². The number of benzene rings is 4. The molecule has 8 nitrogen and oxygen atoms in total. The van der Waals surface area contributed by atoms with Crippen LogP contribution >= 0.6 is 0 Å². The number of phenolic OH excluding ortho intramolecular Hbond substituents is 6. The quantitative estimate of drug-likeness (QED) is 0.0959. The highest BCUT2D eigenvalue weighted by molar-refractivity contribution is 5.75. The summed E-state index contributed by atoms with van der Waals surface area (Å²) in [6.07, 6.45) is 8.37. The highest BCUT2D eigenvalue weighted by atomic mass is 16.7. The van der Waals surface area contributed by atoms with Crippen molar-refractivity contribution in [1.29, 1.82) is 0 Å². The summed E-state index contributed by atoms with van der Waals surface area (Å²) < 4.78 is 13.8. The lowest BCUT2D eigenvalue weighted by Crippen LogP contribution is -2.56. The molecule has 0 spiro atoms. The Morgan fingerprint density at radius 3 is 2.32 bits per heavy atom. The first-order valence-electron chi connectivity index (χ1n) is 15.6. The summed E-state index contributed by atoms with van der Waals surface area (Å²) in [5.74, 6) is -2.14. The van der Waals surface area contributed by atoms with E-state index in [4.69, 9.17) is 9.47 Å². The topological polar surface area (TPSA) is 140 Å². The summed E-state index contributed by atoms with van der Waals surface area (Å²) in [5.41, 5.74) is 5.33. The normalized spacial score (nSPS) is 22.3. The van der Waals surface area contributed by atoms with Crippen LogP contribution in [0.1, 0.15) is 72.4 Å². The second kappa shape index (κ2) is 11.1. The van der Waals surface area contributed by atoms with E-state index >= 15 is 0 Å². The molecule has 47 heavy (non-hydrogen) atoms. The van der Waals surface area contributed by atoms with E-state index in [1.54, 1.807) is 48.6 Å². The molecular formula is C39H36O8. The Kier molecular flexibility index (Phi) is 7.12. The second-order valence-electron chi connectivity index (χ2n) is 12.9. The van der Waals surface area contributed by atoms with Crippen molar-refractivity contribution in [2.45, 2.75) is 51.2 Å². The van der Waals surface area contributed by atoms with Gasteiger partial charge in [-0.15, -0.1) is 0 Å². The number of hydrogen-bond donors (Lipinski definition) is 6. The predicted octanol–water partition coefficient (Wildman–Crippen LogP) is 8.07. The van der Waals surface area contributed by atoms with E-state index in [9.17, 15) is 30.6 Å². The molecule has 2 aliphatic heterocycles. The Labute approximate surface area is 272 Å². The molecule has 0 bridgehead atoms. The molecule has 4 atom stereocenters. The van der Waals surface area contributed by atoms with Crippen molar-refractivity contribution in [3.63, 3.8) is 0 Å². The summed E-state index contributed by atoms with van der Waals surface area (Å²) >= 11 is 0. The summed E-state index contributed by atoms with van der Waals surface area (Å²) in [7, 11) is 0. The average molecular weight is 633 g/mol. The zero-order chi connectivity index (χ0) is 33.2. The number of allylic oxidation sites excluding steroid dienone is 4. The molecule has 0 unspecified atom stereocenters. The smallest absolute Gasteiger partial charge is 0.285 e. The maximum atomic E-state index is 11.9. The van der Waals surface area contributed by atoms with E-state index < -0.39 is 11.7 Å². The Balaban J connectivity index is 1.45. The molecule has 8 heteroatoms. The average Bonchev–Trinajstić information content (AvgIpc) is 2.99. The molecule has 2 heterocycles. The zero-order valence-corrected chi connectivity index (χ0v) is 26.2. The molecular weight excluding hydrogens is 596 g/mol. The Bertz CT molecular complexity index is 2020. The highest BCUT2D eigenvalue weighted by Crippen LogP contribution is 2.65. The molecule has 0 radical (unpaired) electrons. The summed E-state index contributed by atoms with van der Waals surface area (Å²) in [6.45, 7) is 5.94. The van der Waals surface area contributed by atoms with Gasteiger partial charge in [0.2, 0.25) is 0 Å². The lowest BCUT2D eigenvalue weighted by Gasteiger charge is -2.55. The molecule has 6 N–H and O–H groups in total. The first-order valence-corrected chi connectivity index (χ1v) is 15.6. The van der Waals surface area contributed by atoms with Gasteiger partial charge in [0.25, 0.3) is 5.79 Å². The first kappa shape index (κ1) is 30.2. The van der Waals surface area contributed by atoms with Crippen LogP contribution in [0.2, 0.25) is 0 Å². The largest absolute Gasteiger partial charge is 0.508 e. The Hall–Kier alpha value is -5.50. The van der Waals surface area contributed by atoms with Gasteiger partial charge in [-0.25, -0.2) is 0 Å².